The van der Waals surface area contributed by atoms with E-state index in [1.54, 1.807) is 10.9 Å². The van der Waals surface area contributed by atoms with Crippen molar-refractivity contribution >= 4 is 11.7 Å². The lowest BCUT2D eigenvalue weighted by Gasteiger charge is -2.34. The van der Waals surface area contributed by atoms with E-state index in [0.29, 0.717) is 37.8 Å². The first kappa shape index (κ1) is 24.6. The molecule has 172 valence electrons. The first-order valence-corrected chi connectivity index (χ1v) is 11.0. The third kappa shape index (κ3) is 6.16. The lowest BCUT2D eigenvalue weighted by atomic mass is 9.91. The molecule has 2 heterocycles. The third-order valence-electron chi connectivity index (χ3n) is 6.10. The number of imidazole rings is 1. The molecule has 1 aliphatic rings. The maximum absolute atomic E-state index is 13.1. The standard InChI is InChI=1S/C21H39N5O4/c1-5-21(30,6-2)9-7-8-10-25-16-24(4)19-18(20(25)29)26(15-22-19)14-17(28)13-23(3)11-12-27/h15,17,27-28,30H,5-14,16H2,1-4H3. The summed E-state index contributed by atoms with van der Waals surface area (Å²) in [5, 5.41) is 29.8. The quantitative estimate of drug-likeness (QED) is 0.400. The Hall–Kier alpha value is -1.68. The van der Waals surface area contributed by atoms with Crippen LogP contribution in [-0.4, -0.2) is 99.3 Å². The number of aliphatic hydroxyl groups excluding tert-OH is 2. The topological polar surface area (TPSA) is 105 Å². The molecule has 3 N–H and O–H groups in total. The second kappa shape index (κ2) is 11.1. The fourth-order valence-corrected chi connectivity index (χ4v) is 3.98. The molecule has 1 aliphatic heterocycles. The van der Waals surface area contributed by atoms with E-state index in [1.807, 2.05) is 42.6 Å². The smallest absolute Gasteiger partial charge is 0.275 e. The van der Waals surface area contributed by atoms with Crippen LogP contribution in [0.2, 0.25) is 0 Å². The summed E-state index contributed by atoms with van der Waals surface area (Å²) in [6.07, 6.45) is 4.87. The van der Waals surface area contributed by atoms with Gasteiger partial charge in [-0.3, -0.25) is 4.79 Å². The molecular formula is C21H39N5O4. The summed E-state index contributed by atoms with van der Waals surface area (Å²) in [5.74, 6) is 0.566. The molecule has 1 unspecified atom stereocenters. The van der Waals surface area contributed by atoms with Crippen LogP contribution in [0.25, 0.3) is 0 Å². The number of carbonyl (C=O) groups excluding carboxylic acids is 1. The van der Waals surface area contributed by atoms with Gasteiger partial charge in [0.15, 0.2) is 11.5 Å². The van der Waals surface area contributed by atoms with Crippen molar-refractivity contribution in [2.24, 2.45) is 0 Å². The minimum Gasteiger partial charge on any atom is -0.395 e. The Bertz CT molecular complexity index is 676. The lowest BCUT2D eigenvalue weighted by molar-refractivity contribution is 0.0206. The van der Waals surface area contributed by atoms with Crippen LogP contribution in [0.3, 0.4) is 0 Å². The molecule has 0 bridgehead atoms. The number of unbranched alkanes of at least 4 members (excludes halogenated alkanes) is 1. The molecule has 0 fully saturated rings. The summed E-state index contributed by atoms with van der Waals surface area (Å²) >= 11 is 0. The molecule has 1 aromatic rings. The molecule has 9 heteroatoms. The van der Waals surface area contributed by atoms with Gasteiger partial charge in [-0.2, -0.15) is 0 Å². The molecule has 9 nitrogen and oxygen atoms in total. The number of carbonyl (C=O) groups is 1. The molecule has 0 aromatic carbocycles. The predicted molar refractivity (Wildman–Crippen MR) is 117 cm³/mol. The third-order valence-corrected chi connectivity index (χ3v) is 6.10. The zero-order valence-corrected chi connectivity index (χ0v) is 18.9. The van der Waals surface area contributed by atoms with Gasteiger partial charge in [0.25, 0.3) is 5.91 Å². The van der Waals surface area contributed by atoms with E-state index in [1.165, 1.54) is 0 Å². The van der Waals surface area contributed by atoms with E-state index in [0.717, 1.165) is 32.1 Å². The predicted octanol–water partition coefficient (Wildman–Crippen LogP) is 0.739. The van der Waals surface area contributed by atoms with Crippen molar-refractivity contribution in [1.29, 1.82) is 0 Å². The summed E-state index contributed by atoms with van der Waals surface area (Å²) in [5.41, 5.74) is -0.0976. The van der Waals surface area contributed by atoms with Gasteiger partial charge >= 0.3 is 0 Å². The van der Waals surface area contributed by atoms with Crippen molar-refractivity contribution in [1.82, 2.24) is 19.4 Å². The SMILES string of the molecule is CCC(O)(CC)CCCCN1CN(C)c2ncn(CC(O)CN(C)CCO)c2C1=O. The number of nitrogens with zero attached hydrogens (tertiary/aromatic N) is 5. The summed E-state index contributed by atoms with van der Waals surface area (Å²) in [6.45, 7) is 6.31. The highest BCUT2D eigenvalue weighted by Gasteiger charge is 2.32. The van der Waals surface area contributed by atoms with Crippen LogP contribution in [0.5, 0.6) is 0 Å². The average molecular weight is 426 g/mol. The first-order valence-electron chi connectivity index (χ1n) is 11.0. The maximum Gasteiger partial charge on any atom is 0.275 e. The van der Waals surface area contributed by atoms with Crippen molar-refractivity contribution in [2.75, 3.05) is 51.9 Å². The average Bonchev–Trinajstić information content (AvgIpc) is 3.12. The highest BCUT2D eigenvalue weighted by atomic mass is 16.3. The minimum absolute atomic E-state index is 0.0375. The van der Waals surface area contributed by atoms with Gasteiger partial charge < -0.3 is 34.6 Å². The molecule has 1 atom stereocenters. The Labute approximate surface area is 179 Å². The fourth-order valence-electron chi connectivity index (χ4n) is 3.98. The van der Waals surface area contributed by atoms with Gasteiger partial charge in [0.2, 0.25) is 0 Å². The highest BCUT2D eigenvalue weighted by molar-refractivity contribution is 5.99. The van der Waals surface area contributed by atoms with Crippen molar-refractivity contribution in [3.63, 3.8) is 0 Å². The van der Waals surface area contributed by atoms with Crippen LogP contribution >= 0.6 is 0 Å². The molecule has 2 rings (SSSR count). The number of rotatable bonds is 13. The summed E-state index contributed by atoms with van der Waals surface area (Å²) in [7, 11) is 3.75. The number of aliphatic hydroxyl groups is 3. The largest absolute Gasteiger partial charge is 0.395 e. The first-order chi connectivity index (χ1) is 14.2. The van der Waals surface area contributed by atoms with Crippen molar-refractivity contribution < 1.29 is 20.1 Å². The Morgan fingerprint density at radius 3 is 2.63 bits per heavy atom. The Morgan fingerprint density at radius 2 is 2.00 bits per heavy atom. The van der Waals surface area contributed by atoms with Crippen LogP contribution < -0.4 is 4.90 Å². The molecule has 0 aliphatic carbocycles. The van der Waals surface area contributed by atoms with Crippen LogP contribution in [0.15, 0.2) is 6.33 Å². The summed E-state index contributed by atoms with van der Waals surface area (Å²) in [6, 6.07) is 0. The van der Waals surface area contributed by atoms with Crippen LogP contribution in [0.4, 0.5) is 5.82 Å². The molecule has 30 heavy (non-hydrogen) atoms. The molecule has 1 amide bonds. The Morgan fingerprint density at radius 1 is 1.30 bits per heavy atom. The number of hydrogen-bond acceptors (Lipinski definition) is 7. The van der Waals surface area contributed by atoms with Crippen LogP contribution in [0.1, 0.15) is 56.4 Å². The number of anilines is 1. The molecule has 0 spiro atoms. The van der Waals surface area contributed by atoms with Crippen LogP contribution in [-0.2, 0) is 6.54 Å². The van der Waals surface area contributed by atoms with Gasteiger partial charge in [-0.05, 0) is 39.2 Å². The van der Waals surface area contributed by atoms with Crippen molar-refractivity contribution in [3.8, 4) is 0 Å². The number of likely N-dealkylation sites (N-methyl/N-ethyl adjacent to an activating group) is 1. The van der Waals surface area contributed by atoms with E-state index in [9.17, 15) is 15.0 Å². The zero-order valence-electron chi connectivity index (χ0n) is 18.9. The minimum atomic E-state index is -0.672. The normalized spacial score (nSPS) is 15.8. The molecule has 1 aromatic heterocycles. The number of hydrogen-bond donors (Lipinski definition) is 3. The maximum atomic E-state index is 13.1. The second-order valence-electron chi connectivity index (χ2n) is 8.51. The van der Waals surface area contributed by atoms with Gasteiger partial charge in [0.1, 0.15) is 0 Å². The Kier molecular flexibility index (Phi) is 9.09. The van der Waals surface area contributed by atoms with E-state index < -0.39 is 11.7 Å². The monoisotopic (exact) mass is 425 g/mol. The van der Waals surface area contributed by atoms with Gasteiger partial charge in [-0.15, -0.1) is 0 Å². The van der Waals surface area contributed by atoms with Crippen molar-refractivity contribution in [2.45, 2.75) is 64.2 Å². The van der Waals surface area contributed by atoms with E-state index >= 15 is 0 Å². The lowest BCUT2D eigenvalue weighted by Crippen LogP contribution is -2.46. The van der Waals surface area contributed by atoms with E-state index in [4.69, 9.17) is 5.11 Å². The number of fused-ring (bicyclic) bond motifs is 1. The van der Waals surface area contributed by atoms with Gasteiger partial charge in [0, 0.05) is 26.7 Å². The zero-order chi connectivity index (χ0) is 22.3. The van der Waals surface area contributed by atoms with Gasteiger partial charge in [0.05, 0.1) is 37.9 Å². The molecule has 0 saturated carbocycles. The summed E-state index contributed by atoms with van der Waals surface area (Å²) < 4.78 is 1.73. The Balaban J connectivity index is 1.98. The molecule has 0 radical (unpaired) electrons. The van der Waals surface area contributed by atoms with Crippen LogP contribution in [0, 0.1) is 0 Å². The number of aromatic nitrogens is 2. The second-order valence-corrected chi connectivity index (χ2v) is 8.51. The molecule has 0 saturated heterocycles. The molecular weight excluding hydrogens is 386 g/mol. The van der Waals surface area contributed by atoms with Gasteiger partial charge in [-0.1, -0.05) is 13.8 Å². The van der Waals surface area contributed by atoms with Gasteiger partial charge in [-0.25, -0.2) is 4.98 Å². The van der Waals surface area contributed by atoms with Crippen molar-refractivity contribution in [3.05, 3.63) is 12.0 Å². The number of amides is 1. The van der Waals surface area contributed by atoms with E-state index in [-0.39, 0.29) is 19.1 Å². The fraction of sp³-hybridized carbons (Fsp3) is 0.810. The highest BCUT2D eigenvalue weighted by Crippen LogP contribution is 2.26. The van der Waals surface area contributed by atoms with E-state index in [2.05, 4.69) is 4.98 Å². The summed E-state index contributed by atoms with van der Waals surface area (Å²) in [4.78, 5) is 23.1.